The van der Waals surface area contributed by atoms with Gasteiger partial charge >= 0.3 is 0 Å². The van der Waals surface area contributed by atoms with E-state index in [1.807, 2.05) is 42.5 Å². The van der Waals surface area contributed by atoms with E-state index in [0.717, 1.165) is 24.1 Å². The van der Waals surface area contributed by atoms with Gasteiger partial charge in [-0.1, -0.05) is 42.5 Å². The third kappa shape index (κ3) is 3.32. The average Bonchev–Trinajstić information content (AvgIpc) is 3.00. The minimum Gasteiger partial charge on any atom is -0.315 e. The van der Waals surface area contributed by atoms with Crippen molar-refractivity contribution >= 4 is 10.0 Å². The van der Waals surface area contributed by atoms with Crippen LogP contribution in [0.25, 0.3) is 11.1 Å². The van der Waals surface area contributed by atoms with Crippen LogP contribution in [-0.4, -0.2) is 27.5 Å². The maximum absolute atomic E-state index is 12.3. The first kappa shape index (κ1) is 14.3. The SMILES string of the molecule is O=S(=O)(NC1CCNC1)c1ccc(-c2ccccc2)cc1. The summed E-state index contributed by atoms with van der Waals surface area (Å²) in [5.41, 5.74) is 2.09. The molecule has 110 valence electrons. The van der Waals surface area contributed by atoms with Gasteiger partial charge in [0.05, 0.1) is 4.90 Å². The third-order valence-corrected chi connectivity index (χ3v) is 5.19. The van der Waals surface area contributed by atoms with Crippen LogP contribution in [0, 0.1) is 0 Å². The number of benzene rings is 2. The van der Waals surface area contributed by atoms with E-state index in [4.69, 9.17) is 0 Å². The Kier molecular flexibility index (Phi) is 4.05. The van der Waals surface area contributed by atoms with Gasteiger partial charge in [-0.2, -0.15) is 0 Å². The molecular weight excluding hydrogens is 284 g/mol. The van der Waals surface area contributed by atoms with Crippen LogP contribution in [0.1, 0.15) is 6.42 Å². The number of nitrogens with one attached hydrogen (secondary N) is 2. The first-order valence-corrected chi connectivity index (χ1v) is 8.52. The Balaban J connectivity index is 1.80. The summed E-state index contributed by atoms with van der Waals surface area (Å²) in [5.74, 6) is 0. The van der Waals surface area contributed by atoms with E-state index in [1.54, 1.807) is 12.1 Å². The van der Waals surface area contributed by atoms with Crippen molar-refractivity contribution in [2.45, 2.75) is 17.4 Å². The van der Waals surface area contributed by atoms with Crippen molar-refractivity contribution in [3.8, 4) is 11.1 Å². The molecule has 0 radical (unpaired) electrons. The normalized spacial score (nSPS) is 18.8. The molecule has 2 aromatic rings. The zero-order chi connectivity index (χ0) is 14.7. The number of sulfonamides is 1. The average molecular weight is 302 g/mol. The molecule has 1 aliphatic rings. The Hall–Kier alpha value is -1.69. The van der Waals surface area contributed by atoms with Crippen LogP contribution < -0.4 is 10.0 Å². The third-order valence-electron chi connectivity index (χ3n) is 3.65. The fourth-order valence-corrected chi connectivity index (χ4v) is 3.77. The predicted molar refractivity (Wildman–Crippen MR) is 83.5 cm³/mol. The second-order valence-electron chi connectivity index (χ2n) is 5.20. The molecule has 1 aliphatic heterocycles. The van der Waals surface area contributed by atoms with Gasteiger partial charge in [-0.25, -0.2) is 13.1 Å². The van der Waals surface area contributed by atoms with E-state index in [0.29, 0.717) is 11.4 Å². The smallest absolute Gasteiger partial charge is 0.240 e. The highest BCUT2D eigenvalue weighted by Gasteiger charge is 2.22. The summed E-state index contributed by atoms with van der Waals surface area (Å²) < 4.78 is 27.3. The molecule has 0 bridgehead atoms. The van der Waals surface area contributed by atoms with Crippen LogP contribution in [0.3, 0.4) is 0 Å². The lowest BCUT2D eigenvalue weighted by Gasteiger charge is -2.12. The van der Waals surface area contributed by atoms with Crippen molar-refractivity contribution in [2.75, 3.05) is 13.1 Å². The molecule has 4 nitrogen and oxygen atoms in total. The van der Waals surface area contributed by atoms with Gasteiger partial charge in [-0.05, 0) is 36.2 Å². The summed E-state index contributed by atoms with van der Waals surface area (Å²) in [6, 6.07) is 16.9. The molecule has 0 aromatic heterocycles. The van der Waals surface area contributed by atoms with Crippen molar-refractivity contribution in [3.05, 3.63) is 54.6 Å². The molecule has 1 saturated heterocycles. The summed E-state index contributed by atoms with van der Waals surface area (Å²) in [5, 5.41) is 3.15. The number of hydrogen-bond donors (Lipinski definition) is 2. The molecule has 5 heteroatoms. The van der Waals surface area contributed by atoms with Crippen LogP contribution in [0.5, 0.6) is 0 Å². The van der Waals surface area contributed by atoms with Crippen molar-refractivity contribution in [1.82, 2.24) is 10.0 Å². The molecule has 21 heavy (non-hydrogen) atoms. The van der Waals surface area contributed by atoms with Gasteiger partial charge in [-0.15, -0.1) is 0 Å². The zero-order valence-electron chi connectivity index (χ0n) is 11.6. The summed E-state index contributed by atoms with van der Waals surface area (Å²) in [7, 11) is -3.43. The van der Waals surface area contributed by atoms with Gasteiger partial charge in [-0.3, -0.25) is 0 Å². The first-order valence-electron chi connectivity index (χ1n) is 7.04. The zero-order valence-corrected chi connectivity index (χ0v) is 12.4. The second kappa shape index (κ2) is 5.97. The van der Waals surface area contributed by atoms with Gasteiger partial charge in [0.2, 0.25) is 10.0 Å². The van der Waals surface area contributed by atoms with Crippen LogP contribution in [0.15, 0.2) is 59.5 Å². The summed E-state index contributed by atoms with van der Waals surface area (Å²) in [6.07, 6.45) is 0.835. The van der Waals surface area contributed by atoms with E-state index in [2.05, 4.69) is 10.0 Å². The lowest BCUT2D eigenvalue weighted by atomic mass is 10.1. The highest BCUT2D eigenvalue weighted by Crippen LogP contribution is 2.21. The standard InChI is InChI=1S/C16H18N2O2S/c19-21(20,18-15-10-11-17-12-15)16-8-6-14(7-9-16)13-4-2-1-3-5-13/h1-9,15,17-18H,10-12H2. The molecule has 1 atom stereocenters. The van der Waals surface area contributed by atoms with Crippen LogP contribution in [-0.2, 0) is 10.0 Å². The van der Waals surface area contributed by atoms with Crippen LogP contribution >= 0.6 is 0 Å². The quantitative estimate of drug-likeness (QED) is 0.908. The monoisotopic (exact) mass is 302 g/mol. The molecule has 2 aromatic carbocycles. The van der Waals surface area contributed by atoms with Gasteiger partial charge < -0.3 is 5.32 Å². The predicted octanol–water partition coefficient (Wildman–Crippen LogP) is 1.99. The Morgan fingerprint density at radius 3 is 2.24 bits per heavy atom. The lowest BCUT2D eigenvalue weighted by molar-refractivity contribution is 0.560. The van der Waals surface area contributed by atoms with Crippen molar-refractivity contribution in [2.24, 2.45) is 0 Å². The van der Waals surface area contributed by atoms with Gasteiger partial charge in [0.15, 0.2) is 0 Å². The maximum atomic E-state index is 12.3. The first-order chi connectivity index (χ1) is 10.1. The fraction of sp³-hybridized carbons (Fsp3) is 0.250. The topological polar surface area (TPSA) is 58.2 Å². The highest BCUT2D eigenvalue weighted by atomic mass is 32.2. The molecule has 0 saturated carbocycles. The van der Waals surface area contributed by atoms with E-state index in [-0.39, 0.29) is 6.04 Å². The molecule has 2 N–H and O–H groups in total. The van der Waals surface area contributed by atoms with Crippen molar-refractivity contribution < 1.29 is 8.42 Å². The largest absolute Gasteiger partial charge is 0.315 e. The molecule has 3 rings (SSSR count). The van der Waals surface area contributed by atoms with E-state index < -0.39 is 10.0 Å². The fourth-order valence-electron chi connectivity index (χ4n) is 2.50. The van der Waals surface area contributed by atoms with E-state index >= 15 is 0 Å². The minimum absolute atomic E-state index is 0.0104. The molecule has 1 unspecified atom stereocenters. The highest BCUT2D eigenvalue weighted by molar-refractivity contribution is 7.89. The Bertz CT molecular complexity index is 691. The Morgan fingerprint density at radius 1 is 0.952 bits per heavy atom. The summed E-state index contributed by atoms with van der Waals surface area (Å²) >= 11 is 0. The molecular formula is C16H18N2O2S. The Labute approximate surface area is 125 Å². The van der Waals surface area contributed by atoms with Crippen molar-refractivity contribution in [1.29, 1.82) is 0 Å². The summed E-state index contributed by atoms with van der Waals surface area (Å²) in [4.78, 5) is 0.314. The minimum atomic E-state index is -3.43. The van der Waals surface area contributed by atoms with Crippen LogP contribution in [0.4, 0.5) is 0 Å². The lowest BCUT2D eigenvalue weighted by Crippen LogP contribution is -2.36. The van der Waals surface area contributed by atoms with Gasteiger partial charge in [0, 0.05) is 12.6 Å². The molecule has 1 fully saturated rings. The molecule has 0 spiro atoms. The Morgan fingerprint density at radius 2 is 1.62 bits per heavy atom. The number of hydrogen-bond acceptors (Lipinski definition) is 3. The van der Waals surface area contributed by atoms with Crippen molar-refractivity contribution in [3.63, 3.8) is 0 Å². The van der Waals surface area contributed by atoms with Crippen LogP contribution in [0.2, 0.25) is 0 Å². The molecule has 1 heterocycles. The maximum Gasteiger partial charge on any atom is 0.240 e. The molecule has 0 aliphatic carbocycles. The number of rotatable bonds is 4. The van der Waals surface area contributed by atoms with Gasteiger partial charge in [0.1, 0.15) is 0 Å². The second-order valence-corrected chi connectivity index (χ2v) is 6.92. The van der Waals surface area contributed by atoms with E-state index in [1.165, 1.54) is 0 Å². The van der Waals surface area contributed by atoms with Gasteiger partial charge in [0.25, 0.3) is 0 Å². The molecule has 0 amide bonds. The summed E-state index contributed by atoms with van der Waals surface area (Å²) in [6.45, 7) is 1.56. The van der Waals surface area contributed by atoms with E-state index in [9.17, 15) is 8.42 Å².